The van der Waals surface area contributed by atoms with Crippen LogP contribution in [0.25, 0.3) is 0 Å². The zero-order chi connectivity index (χ0) is 13.2. The van der Waals surface area contributed by atoms with Gasteiger partial charge in [0.05, 0.1) is 13.0 Å². The molecule has 3 heteroatoms. The number of carbonyl (C=O) groups is 2. The van der Waals surface area contributed by atoms with Crippen molar-refractivity contribution in [2.24, 2.45) is 28.1 Å². The molecule has 0 radical (unpaired) electrons. The highest BCUT2D eigenvalue weighted by Crippen LogP contribution is 2.73. The van der Waals surface area contributed by atoms with Gasteiger partial charge >= 0.3 is 5.97 Å². The van der Waals surface area contributed by atoms with Gasteiger partial charge in [-0.05, 0) is 36.0 Å². The van der Waals surface area contributed by atoms with Crippen LogP contribution in [-0.4, -0.2) is 18.9 Å². The molecule has 3 rings (SSSR count). The first-order chi connectivity index (χ1) is 8.36. The summed E-state index contributed by atoms with van der Waals surface area (Å²) in [4.78, 5) is 23.2. The molecule has 100 valence electrons. The monoisotopic (exact) mass is 250 g/mol. The molecular formula is C15H22O3. The van der Waals surface area contributed by atoms with Crippen LogP contribution in [0.3, 0.4) is 0 Å². The summed E-state index contributed by atoms with van der Waals surface area (Å²) in [5.41, 5.74) is 0.0607. The van der Waals surface area contributed by atoms with E-state index in [0.29, 0.717) is 18.9 Å². The fourth-order valence-electron chi connectivity index (χ4n) is 5.74. The molecule has 0 amide bonds. The molecule has 1 saturated heterocycles. The first kappa shape index (κ1) is 12.2. The van der Waals surface area contributed by atoms with Gasteiger partial charge in [0.1, 0.15) is 6.29 Å². The van der Waals surface area contributed by atoms with Crippen LogP contribution in [0.5, 0.6) is 0 Å². The second kappa shape index (κ2) is 3.37. The van der Waals surface area contributed by atoms with E-state index in [4.69, 9.17) is 4.74 Å². The predicted molar refractivity (Wildman–Crippen MR) is 66.8 cm³/mol. The van der Waals surface area contributed by atoms with Crippen LogP contribution in [0.15, 0.2) is 0 Å². The highest BCUT2D eigenvalue weighted by Gasteiger charge is 2.71. The van der Waals surface area contributed by atoms with Crippen LogP contribution in [0.1, 0.15) is 46.5 Å². The van der Waals surface area contributed by atoms with Crippen molar-refractivity contribution in [1.29, 1.82) is 0 Å². The number of esters is 1. The van der Waals surface area contributed by atoms with Crippen molar-refractivity contribution in [3.63, 3.8) is 0 Å². The Morgan fingerprint density at radius 1 is 1.28 bits per heavy atom. The van der Waals surface area contributed by atoms with Gasteiger partial charge in [0.25, 0.3) is 0 Å². The van der Waals surface area contributed by atoms with Gasteiger partial charge in [-0.1, -0.05) is 20.8 Å². The molecule has 2 saturated carbocycles. The Morgan fingerprint density at radius 2 is 2.00 bits per heavy atom. The number of rotatable bonds is 1. The first-order valence-electron chi connectivity index (χ1n) is 6.97. The minimum atomic E-state index is -0.0911. The smallest absolute Gasteiger partial charge is 0.306 e. The SMILES string of the molecule is CC1(C)C[C@]2(C)CC(=O)OC[C@@]23[C@H](C=O)CC[C@@H]13. The maximum atomic E-state index is 11.7. The first-order valence-corrected chi connectivity index (χ1v) is 6.97. The maximum Gasteiger partial charge on any atom is 0.306 e. The summed E-state index contributed by atoms with van der Waals surface area (Å²) in [6.07, 6.45) is 4.70. The Balaban J connectivity index is 2.13. The van der Waals surface area contributed by atoms with Gasteiger partial charge in [-0.3, -0.25) is 4.79 Å². The minimum Gasteiger partial charge on any atom is -0.465 e. The molecular weight excluding hydrogens is 228 g/mol. The summed E-state index contributed by atoms with van der Waals surface area (Å²) >= 11 is 0. The number of aldehydes is 1. The standard InChI is InChI=1S/C15H22O3/c1-13(2)8-14(3)6-12(17)18-9-15(14)10(7-16)4-5-11(13)15/h7,10-11H,4-6,8-9H2,1-3H3/t10-,11-,14-,15-/m0/s1. The Morgan fingerprint density at radius 3 is 2.67 bits per heavy atom. The number of carbonyl (C=O) groups excluding carboxylic acids is 2. The van der Waals surface area contributed by atoms with E-state index in [1.54, 1.807) is 0 Å². The Kier molecular flexibility index (Phi) is 2.28. The van der Waals surface area contributed by atoms with Gasteiger partial charge in [-0.15, -0.1) is 0 Å². The lowest BCUT2D eigenvalue weighted by Crippen LogP contribution is -2.51. The molecule has 0 N–H and O–H groups in total. The van der Waals surface area contributed by atoms with E-state index < -0.39 is 0 Å². The van der Waals surface area contributed by atoms with E-state index in [1.165, 1.54) is 0 Å². The molecule has 1 spiro atoms. The molecule has 0 aromatic rings. The van der Waals surface area contributed by atoms with Crippen LogP contribution in [-0.2, 0) is 14.3 Å². The summed E-state index contributed by atoms with van der Waals surface area (Å²) < 4.78 is 5.39. The van der Waals surface area contributed by atoms with Crippen LogP contribution in [0.2, 0.25) is 0 Å². The molecule has 3 nitrogen and oxygen atoms in total. The zero-order valence-corrected chi connectivity index (χ0v) is 11.5. The van der Waals surface area contributed by atoms with Crippen LogP contribution in [0, 0.1) is 28.1 Å². The summed E-state index contributed by atoms with van der Waals surface area (Å²) in [7, 11) is 0. The normalized spacial score (nSPS) is 49.4. The summed E-state index contributed by atoms with van der Waals surface area (Å²) in [6.45, 7) is 7.25. The Hall–Kier alpha value is -0.860. The molecule has 18 heavy (non-hydrogen) atoms. The van der Waals surface area contributed by atoms with Gasteiger partial charge in [-0.2, -0.15) is 0 Å². The Labute approximate surface area is 108 Å². The molecule has 0 aromatic heterocycles. The molecule has 1 heterocycles. The average Bonchev–Trinajstić information content (AvgIpc) is 2.70. The van der Waals surface area contributed by atoms with E-state index in [1.807, 2.05) is 0 Å². The van der Waals surface area contributed by atoms with Gasteiger partial charge in [0.2, 0.25) is 0 Å². The minimum absolute atomic E-state index is 0.0570. The van der Waals surface area contributed by atoms with E-state index in [0.717, 1.165) is 25.5 Å². The van der Waals surface area contributed by atoms with Crippen LogP contribution < -0.4 is 0 Å². The largest absolute Gasteiger partial charge is 0.465 e. The van der Waals surface area contributed by atoms with Crippen molar-refractivity contribution in [2.45, 2.75) is 46.5 Å². The highest BCUT2D eigenvalue weighted by molar-refractivity contribution is 5.72. The number of hydrogen-bond donors (Lipinski definition) is 0. The van der Waals surface area contributed by atoms with Crippen molar-refractivity contribution < 1.29 is 14.3 Å². The third-order valence-electron chi connectivity index (χ3n) is 6.13. The van der Waals surface area contributed by atoms with Gasteiger partial charge in [0, 0.05) is 11.3 Å². The molecule has 0 unspecified atom stereocenters. The molecule has 0 bridgehead atoms. The molecule has 1 aliphatic heterocycles. The lowest BCUT2D eigenvalue weighted by atomic mass is 9.58. The van der Waals surface area contributed by atoms with Crippen molar-refractivity contribution in [3.05, 3.63) is 0 Å². The van der Waals surface area contributed by atoms with Gasteiger partial charge in [0.15, 0.2) is 0 Å². The zero-order valence-electron chi connectivity index (χ0n) is 11.5. The van der Waals surface area contributed by atoms with Crippen LogP contribution >= 0.6 is 0 Å². The summed E-state index contributed by atoms with van der Waals surface area (Å²) in [5, 5.41) is 0. The summed E-state index contributed by atoms with van der Waals surface area (Å²) in [6, 6.07) is 0. The fourth-order valence-corrected chi connectivity index (χ4v) is 5.74. The topological polar surface area (TPSA) is 43.4 Å². The van der Waals surface area contributed by atoms with Gasteiger partial charge < -0.3 is 9.53 Å². The lowest BCUT2D eigenvalue weighted by Gasteiger charge is -2.49. The van der Waals surface area contributed by atoms with Gasteiger partial charge in [-0.25, -0.2) is 0 Å². The third kappa shape index (κ3) is 1.20. The number of ether oxygens (including phenoxy) is 1. The van der Waals surface area contributed by atoms with Crippen LogP contribution in [0.4, 0.5) is 0 Å². The number of cyclic esters (lactones) is 1. The molecule has 3 aliphatic rings. The Bertz CT molecular complexity index is 414. The average molecular weight is 250 g/mol. The van der Waals surface area contributed by atoms with Crippen molar-refractivity contribution in [3.8, 4) is 0 Å². The third-order valence-corrected chi connectivity index (χ3v) is 6.13. The number of hydrogen-bond acceptors (Lipinski definition) is 3. The summed E-state index contributed by atoms with van der Waals surface area (Å²) in [5.74, 6) is 0.497. The molecule has 2 aliphatic carbocycles. The molecule has 3 fully saturated rings. The fraction of sp³-hybridized carbons (Fsp3) is 0.867. The quantitative estimate of drug-likeness (QED) is 0.530. The molecule has 0 aromatic carbocycles. The second-order valence-corrected chi connectivity index (χ2v) is 7.48. The van der Waals surface area contributed by atoms with E-state index >= 15 is 0 Å². The lowest BCUT2D eigenvalue weighted by molar-refractivity contribution is -0.175. The van der Waals surface area contributed by atoms with Crippen molar-refractivity contribution in [2.75, 3.05) is 6.61 Å². The van der Waals surface area contributed by atoms with Crippen molar-refractivity contribution in [1.82, 2.24) is 0 Å². The highest BCUT2D eigenvalue weighted by atomic mass is 16.5. The van der Waals surface area contributed by atoms with E-state index in [-0.39, 0.29) is 28.1 Å². The molecule has 4 atom stereocenters. The maximum absolute atomic E-state index is 11.7. The van der Waals surface area contributed by atoms with E-state index in [9.17, 15) is 9.59 Å². The van der Waals surface area contributed by atoms with E-state index in [2.05, 4.69) is 20.8 Å². The van der Waals surface area contributed by atoms with Crippen molar-refractivity contribution >= 4 is 12.3 Å². The second-order valence-electron chi connectivity index (χ2n) is 7.48. The predicted octanol–water partition coefficient (Wildman–Crippen LogP) is 2.58.